The predicted octanol–water partition coefficient (Wildman–Crippen LogP) is 3.25. The number of aliphatic imine (C=N–C) groups is 1. The molecule has 17 nitrogen and oxygen atoms in total. The van der Waals surface area contributed by atoms with E-state index in [0.717, 1.165) is 0 Å². The minimum absolute atomic E-state index is 0.0848. The van der Waals surface area contributed by atoms with Crippen LogP contribution in [0.2, 0.25) is 0 Å². The number of fused-ring (bicyclic) bond motifs is 1. The molecule has 4 heterocycles. The van der Waals surface area contributed by atoms with E-state index in [1.165, 1.54) is 14.0 Å². The number of nitrogens with one attached hydrogen (secondary N) is 2. The number of esters is 1. The molecule has 4 aliphatic rings. The van der Waals surface area contributed by atoms with Gasteiger partial charge in [0.2, 0.25) is 0 Å². The van der Waals surface area contributed by atoms with E-state index in [1.54, 1.807) is 55.7 Å². The number of cyclic esters (lactones) is 1. The SMILES string of the molecule is CC[C@H]1OC(=O)[C@H](C)[C@@H](O[C@H]2C[C@@](C)(OC)[C@](O)(CNC)[C@H](C)O2)[C@H](C)[C@@H](O[C@@H]2O[C@H](C)C[C@H]3[C@H]2OC(=Nc2ccc(OC)cc2)N3C)[C@](C)(O)C[C@@H](C)CN[C@H](C)[C@@H](O)[C@]1(C)O. The first-order valence-electron chi connectivity index (χ1n) is 22.7. The summed E-state index contributed by atoms with van der Waals surface area (Å²) in [6.07, 6.45) is -7.03. The molecular weight excluding hydrogens is 817 g/mol. The number of nitrogens with zero attached hydrogens (tertiary/aromatic N) is 2. The molecule has 0 amide bonds. The first-order valence-corrected chi connectivity index (χ1v) is 22.7. The van der Waals surface area contributed by atoms with Crippen LogP contribution in [0.15, 0.2) is 29.3 Å². The molecule has 17 heteroatoms. The summed E-state index contributed by atoms with van der Waals surface area (Å²) in [5.74, 6) is -1.97. The van der Waals surface area contributed by atoms with Gasteiger partial charge in [-0.25, -0.2) is 0 Å². The van der Waals surface area contributed by atoms with Gasteiger partial charge in [-0.15, -0.1) is 0 Å². The average molecular weight is 895 g/mol. The van der Waals surface area contributed by atoms with E-state index in [1.807, 2.05) is 57.0 Å². The minimum atomic E-state index is -1.82. The second-order valence-electron chi connectivity index (χ2n) is 19.4. The number of methoxy groups -OCH3 is 2. The highest BCUT2D eigenvalue weighted by atomic mass is 16.7. The van der Waals surface area contributed by atoms with Crippen molar-refractivity contribution in [3.63, 3.8) is 0 Å². The maximum Gasteiger partial charge on any atom is 0.311 e. The van der Waals surface area contributed by atoms with Crippen molar-refractivity contribution in [2.75, 3.05) is 41.4 Å². The Morgan fingerprint density at radius 1 is 0.968 bits per heavy atom. The minimum Gasteiger partial charge on any atom is -0.497 e. The molecule has 4 saturated heterocycles. The van der Waals surface area contributed by atoms with Crippen molar-refractivity contribution in [3.05, 3.63) is 24.3 Å². The lowest BCUT2D eigenvalue weighted by atomic mass is 9.75. The Morgan fingerprint density at radius 2 is 1.63 bits per heavy atom. The zero-order valence-electron chi connectivity index (χ0n) is 40.0. The number of likely N-dealkylation sites (N-methyl/N-ethyl adjacent to an activating group) is 2. The molecule has 0 saturated carbocycles. The molecule has 0 aromatic heterocycles. The second kappa shape index (κ2) is 20.5. The lowest BCUT2D eigenvalue weighted by Gasteiger charge is -2.53. The molecule has 0 bridgehead atoms. The Balaban J connectivity index is 1.57. The number of ether oxygens (including phenoxy) is 8. The monoisotopic (exact) mass is 895 g/mol. The van der Waals surface area contributed by atoms with Crippen LogP contribution in [0.3, 0.4) is 0 Å². The Bertz CT molecular complexity index is 1690. The van der Waals surface area contributed by atoms with Gasteiger partial charge < -0.3 is 73.9 Å². The van der Waals surface area contributed by atoms with Gasteiger partial charge >= 0.3 is 5.97 Å². The third-order valence-corrected chi connectivity index (χ3v) is 14.3. The molecule has 1 aromatic carbocycles. The molecule has 6 N–H and O–H groups in total. The summed E-state index contributed by atoms with van der Waals surface area (Å²) in [6, 6.07) is 6.94. The Labute approximate surface area is 374 Å². The number of rotatable bonds is 10. The Kier molecular flexibility index (Phi) is 16.7. The zero-order valence-corrected chi connectivity index (χ0v) is 40.0. The van der Waals surface area contributed by atoms with Gasteiger partial charge in [-0.2, -0.15) is 4.99 Å². The highest BCUT2D eigenvalue weighted by Gasteiger charge is 2.59. The largest absolute Gasteiger partial charge is 0.497 e. The first-order chi connectivity index (χ1) is 29.5. The van der Waals surface area contributed by atoms with E-state index in [2.05, 4.69) is 10.6 Å². The number of aliphatic hydroxyl groups is 4. The van der Waals surface area contributed by atoms with Gasteiger partial charge in [0.15, 0.2) is 18.7 Å². The van der Waals surface area contributed by atoms with Crippen molar-refractivity contribution in [2.45, 2.75) is 185 Å². The van der Waals surface area contributed by atoms with Gasteiger partial charge in [-0.3, -0.25) is 4.79 Å². The van der Waals surface area contributed by atoms with Crippen molar-refractivity contribution in [3.8, 4) is 5.75 Å². The third-order valence-electron chi connectivity index (χ3n) is 14.3. The molecule has 1 aromatic rings. The van der Waals surface area contributed by atoms with Gasteiger partial charge in [0, 0.05) is 39.1 Å². The maximum absolute atomic E-state index is 14.5. The van der Waals surface area contributed by atoms with Gasteiger partial charge in [-0.05, 0) is 112 Å². The molecule has 0 unspecified atom stereocenters. The summed E-state index contributed by atoms with van der Waals surface area (Å²) in [6.45, 7) is 18.3. The van der Waals surface area contributed by atoms with Crippen molar-refractivity contribution in [1.29, 1.82) is 0 Å². The fourth-order valence-corrected chi connectivity index (χ4v) is 10.2. The van der Waals surface area contributed by atoms with E-state index in [0.29, 0.717) is 30.4 Å². The van der Waals surface area contributed by atoms with E-state index >= 15 is 0 Å². The number of carbonyl (C=O) groups excluding carboxylic acids is 1. The number of carbonyl (C=O) groups is 1. The van der Waals surface area contributed by atoms with E-state index < -0.39 is 95.5 Å². The molecule has 0 spiro atoms. The smallest absolute Gasteiger partial charge is 0.311 e. The summed E-state index contributed by atoms with van der Waals surface area (Å²) >= 11 is 0. The van der Waals surface area contributed by atoms with Crippen molar-refractivity contribution in [2.24, 2.45) is 22.7 Å². The summed E-state index contributed by atoms with van der Waals surface area (Å²) in [4.78, 5) is 21.3. The molecule has 0 radical (unpaired) electrons. The maximum atomic E-state index is 14.5. The van der Waals surface area contributed by atoms with E-state index in [9.17, 15) is 25.2 Å². The predicted molar refractivity (Wildman–Crippen MR) is 235 cm³/mol. The van der Waals surface area contributed by atoms with Crippen LogP contribution in [0.4, 0.5) is 5.69 Å². The average Bonchev–Trinajstić information content (AvgIpc) is 3.54. The Hall–Kier alpha value is -2.68. The summed E-state index contributed by atoms with van der Waals surface area (Å²) in [7, 11) is 6.79. The lowest BCUT2D eigenvalue weighted by molar-refractivity contribution is -0.335. The van der Waals surface area contributed by atoms with Crippen molar-refractivity contribution in [1.82, 2.24) is 15.5 Å². The fraction of sp³-hybridized carbons (Fsp3) is 0.826. The standard InChI is InChI=1S/C46H78N4O13/c1-15-34-45(10,54)38(51)29(6)48-23-25(2)21-43(8,53)39(63-41-37-33(20-26(3)58-41)50(12)42(62-37)49-31-16-18-32(56-13)19-17-31)27(4)36(28(5)40(52)60-34)61-35-22-44(9,57-14)46(55,24-47-11)30(7)59-35/h16-19,25-30,33-39,41,47-48,51,53-55H,15,20-24H2,1-14H3/t25-,26-,27+,28-,29-,30+,33+,34-,35+,36+,37-,38-,39-,41+,43-,44-,45-,46+/m1/s1. The first kappa shape index (κ1) is 51.3. The molecule has 0 aliphatic carbocycles. The summed E-state index contributed by atoms with van der Waals surface area (Å²) < 4.78 is 51.0. The van der Waals surface area contributed by atoms with Crippen molar-refractivity contribution >= 4 is 17.7 Å². The second-order valence-corrected chi connectivity index (χ2v) is 19.4. The number of benzene rings is 1. The molecule has 63 heavy (non-hydrogen) atoms. The number of amidine groups is 1. The normalized spacial score (nSPS) is 45.1. The number of hydrogen-bond donors (Lipinski definition) is 6. The van der Waals surface area contributed by atoms with Gasteiger partial charge in [0.1, 0.15) is 34.8 Å². The molecule has 5 rings (SSSR count). The van der Waals surface area contributed by atoms with Crippen LogP contribution >= 0.6 is 0 Å². The number of hydrogen-bond acceptors (Lipinski definition) is 16. The Morgan fingerprint density at radius 3 is 2.24 bits per heavy atom. The van der Waals surface area contributed by atoms with Crippen LogP contribution in [-0.2, 0) is 38.0 Å². The van der Waals surface area contributed by atoms with Crippen molar-refractivity contribution < 1.29 is 63.1 Å². The molecule has 4 aliphatic heterocycles. The van der Waals surface area contributed by atoms with Crippen LogP contribution in [0.1, 0.15) is 94.9 Å². The van der Waals surface area contributed by atoms with Crippen LogP contribution in [0.5, 0.6) is 5.75 Å². The third kappa shape index (κ3) is 10.8. The quantitative estimate of drug-likeness (QED) is 0.186. The zero-order chi connectivity index (χ0) is 46.8. The highest BCUT2D eigenvalue weighted by Crippen LogP contribution is 2.44. The summed E-state index contributed by atoms with van der Waals surface area (Å²) in [5, 5.41) is 54.4. The molecule has 18 atom stereocenters. The van der Waals surface area contributed by atoms with Crippen LogP contribution in [-0.4, -0.2) is 169 Å². The van der Waals surface area contributed by atoms with E-state index in [4.69, 9.17) is 42.9 Å². The van der Waals surface area contributed by atoms with Crippen LogP contribution < -0.4 is 15.4 Å². The molecular formula is C46H78N4O13. The van der Waals surface area contributed by atoms with Crippen LogP contribution in [0, 0.1) is 17.8 Å². The van der Waals surface area contributed by atoms with Gasteiger partial charge in [0.05, 0.1) is 54.8 Å². The van der Waals surface area contributed by atoms with Gasteiger partial charge in [-0.1, -0.05) is 20.8 Å². The summed E-state index contributed by atoms with van der Waals surface area (Å²) in [5.41, 5.74) is -5.32. The highest BCUT2D eigenvalue weighted by molar-refractivity contribution is 5.79. The topological polar surface area (TPSA) is 211 Å². The van der Waals surface area contributed by atoms with E-state index in [-0.39, 0.29) is 43.9 Å². The number of aliphatic hydroxyl groups excluding tert-OH is 1. The lowest BCUT2D eigenvalue weighted by Crippen LogP contribution is -2.69. The molecule has 360 valence electrons. The van der Waals surface area contributed by atoms with Gasteiger partial charge in [0.25, 0.3) is 6.02 Å². The molecule has 4 fully saturated rings. The van der Waals surface area contributed by atoms with Crippen LogP contribution in [0.25, 0.3) is 0 Å². The fourth-order valence-electron chi connectivity index (χ4n) is 10.2.